The summed E-state index contributed by atoms with van der Waals surface area (Å²) in [7, 11) is 0. The molecule has 0 saturated heterocycles. The largest absolute Gasteiger partial charge is 0.320 e. The van der Waals surface area contributed by atoms with E-state index in [-0.39, 0.29) is 5.91 Å². The summed E-state index contributed by atoms with van der Waals surface area (Å²) in [5.41, 5.74) is 0.691. The predicted molar refractivity (Wildman–Crippen MR) is 85.4 cm³/mol. The number of carbonyl (C=O) groups excluding carboxylic acids is 3. The molecular weight excluding hydrogens is 324 g/mol. The fourth-order valence-electron chi connectivity index (χ4n) is 1.99. The monoisotopic (exact) mass is 332 g/mol. The van der Waals surface area contributed by atoms with Gasteiger partial charge >= 0.3 is 0 Å². The Morgan fingerprint density at radius 3 is 2.50 bits per heavy atom. The Labute approximate surface area is 134 Å². The first-order chi connectivity index (χ1) is 10.6. The molecule has 0 radical (unpaired) electrons. The van der Waals surface area contributed by atoms with Crippen LogP contribution in [0.25, 0.3) is 0 Å². The SMILES string of the molecule is O=C(Nc1cc(N2C(=O)C=CC2=O)ccc1Cl)c1cccs1. The number of nitrogens with one attached hydrogen (secondary N) is 1. The minimum atomic E-state index is -0.428. The van der Waals surface area contributed by atoms with Crippen molar-refractivity contribution < 1.29 is 14.4 Å². The zero-order valence-corrected chi connectivity index (χ0v) is 12.6. The first-order valence-corrected chi connectivity index (χ1v) is 7.52. The second-order valence-corrected chi connectivity index (χ2v) is 5.80. The standard InChI is InChI=1S/C15H9ClN2O3S/c16-10-4-3-9(18-13(19)5-6-14(18)20)8-11(10)17-15(21)12-2-1-7-22-12/h1-8H,(H,17,21). The molecule has 3 rings (SSSR count). The summed E-state index contributed by atoms with van der Waals surface area (Å²) >= 11 is 7.37. The molecule has 0 spiro atoms. The number of nitrogens with zero attached hydrogens (tertiary/aromatic N) is 1. The Morgan fingerprint density at radius 2 is 1.86 bits per heavy atom. The molecule has 0 saturated carbocycles. The number of hydrogen-bond donors (Lipinski definition) is 1. The molecule has 5 nitrogen and oxygen atoms in total. The maximum atomic E-state index is 12.1. The third kappa shape index (κ3) is 2.66. The van der Waals surface area contributed by atoms with Crippen molar-refractivity contribution in [3.8, 4) is 0 Å². The van der Waals surface area contributed by atoms with Gasteiger partial charge in [0.15, 0.2) is 0 Å². The second-order valence-electron chi connectivity index (χ2n) is 4.44. The summed E-state index contributed by atoms with van der Waals surface area (Å²) in [6.45, 7) is 0. The van der Waals surface area contributed by atoms with Crippen molar-refractivity contribution in [1.82, 2.24) is 0 Å². The lowest BCUT2D eigenvalue weighted by Gasteiger charge is -2.16. The maximum Gasteiger partial charge on any atom is 0.265 e. The summed E-state index contributed by atoms with van der Waals surface area (Å²) in [5.74, 6) is -1.16. The Kier molecular flexibility index (Phi) is 3.79. The smallest absolute Gasteiger partial charge is 0.265 e. The number of anilines is 2. The van der Waals surface area contributed by atoms with Crippen molar-refractivity contribution >= 4 is 52.0 Å². The van der Waals surface area contributed by atoms with Crippen molar-refractivity contribution in [3.63, 3.8) is 0 Å². The molecule has 1 aliphatic rings. The van der Waals surface area contributed by atoms with E-state index in [1.54, 1.807) is 23.6 Å². The molecule has 110 valence electrons. The molecule has 3 amide bonds. The van der Waals surface area contributed by atoms with E-state index in [0.717, 1.165) is 4.90 Å². The van der Waals surface area contributed by atoms with E-state index in [2.05, 4.69) is 5.32 Å². The van der Waals surface area contributed by atoms with E-state index >= 15 is 0 Å². The van der Waals surface area contributed by atoms with Crippen molar-refractivity contribution in [1.29, 1.82) is 0 Å². The van der Waals surface area contributed by atoms with Crippen molar-refractivity contribution in [3.05, 3.63) is 57.8 Å². The number of thiophene rings is 1. The summed E-state index contributed by atoms with van der Waals surface area (Å²) in [6, 6.07) is 8.03. The van der Waals surface area contributed by atoms with Gasteiger partial charge in [0.05, 0.1) is 21.3 Å². The topological polar surface area (TPSA) is 66.5 Å². The van der Waals surface area contributed by atoms with Crippen LogP contribution in [-0.2, 0) is 9.59 Å². The van der Waals surface area contributed by atoms with Crippen LogP contribution in [-0.4, -0.2) is 17.7 Å². The zero-order chi connectivity index (χ0) is 15.7. The van der Waals surface area contributed by atoms with Gasteiger partial charge in [0, 0.05) is 12.2 Å². The number of rotatable bonds is 3. The molecule has 1 aromatic carbocycles. The van der Waals surface area contributed by atoms with Crippen molar-refractivity contribution in [2.75, 3.05) is 10.2 Å². The van der Waals surface area contributed by atoms with Crippen LogP contribution in [0.15, 0.2) is 47.9 Å². The van der Waals surface area contributed by atoms with Crippen LogP contribution in [0.3, 0.4) is 0 Å². The molecule has 1 N–H and O–H groups in total. The highest BCUT2D eigenvalue weighted by Gasteiger charge is 2.25. The van der Waals surface area contributed by atoms with Gasteiger partial charge < -0.3 is 5.32 Å². The van der Waals surface area contributed by atoms with Crippen molar-refractivity contribution in [2.24, 2.45) is 0 Å². The fourth-order valence-corrected chi connectivity index (χ4v) is 2.78. The highest BCUT2D eigenvalue weighted by atomic mass is 35.5. The molecule has 0 bridgehead atoms. The molecule has 22 heavy (non-hydrogen) atoms. The molecule has 7 heteroatoms. The number of hydrogen-bond acceptors (Lipinski definition) is 4. The third-order valence-corrected chi connectivity index (χ3v) is 4.21. The lowest BCUT2D eigenvalue weighted by molar-refractivity contribution is -0.119. The van der Waals surface area contributed by atoms with Crippen LogP contribution in [0.4, 0.5) is 11.4 Å². The molecule has 0 unspecified atom stereocenters. The molecule has 1 aliphatic heterocycles. The average Bonchev–Trinajstić information content (AvgIpc) is 3.12. The number of imide groups is 1. The van der Waals surface area contributed by atoms with Gasteiger partial charge in [0.25, 0.3) is 17.7 Å². The van der Waals surface area contributed by atoms with Gasteiger partial charge in [-0.15, -0.1) is 11.3 Å². The molecule has 0 atom stereocenters. The Balaban J connectivity index is 1.89. The van der Waals surface area contributed by atoms with Gasteiger partial charge in [-0.2, -0.15) is 0 Å². The highest BCUT2D eigenvalue weighted by molar-refractivity contribution is 7.12. The molecule has 1 aromatic heterocycles. The van der Waals surface area contributed by atoms with E-state index in [9.17, 15) is 14.4 Å². The van der Waals surface area contributed by atoms with Crippen LogP contribution in [0, 0.1) is 0 Å². The van der Waals surface area contributed by atoms with E-state index in [0.29, 0.717) is 21.3 Å². The highest BCUT2D eigenvalue weighted by Crippen LogP contribution is 2.29. The molecular formula is C15H9ClN2O3S. The van der Waals surface area contributed by atoms with Crippen LogP contribution < -0.4 is 10.2 Å². The molecule has 2 aromatic rings. The van der Waals surface area contributed by atoms with Crippen LogP contribution in [0.5, 0.6) is 0 Å². The first-order valence-electron chi connectivity index (χ1n) is 6.27. The van der Waals surface area contributed by atoms with E-state index in [1.165, 1.54) is 35.6 Å². The van der Waals surface area contributed by atoms with Gasteiger partial charge in [0.1, 0.15) is 0 Å². The number of amides is 3. The number of halogens is 1. The normalized spacial score (nSPS) is 13.8. The van der Waals surface area contributed by atoms with E-state index in [4.69, 9.17) is 11.6 Å². The van der Waals surface area contributed by atoms with E-state index < -0.39 is 11.8 Å². The third-order valence-electron chi connectivity index (χ3n) is 3.01. The Hall–Kier alpha value is -2.44. The average molecular weight is 333 g/mol. The Bertz CT molecular complexity index is 781. The fraction of sp³-hybridized carbons (Fsp3) is 0. The molecule has 2 heterocycles. The van der Waals surface area contributed by atoms with Gasteiger partial charge in [0.2, 0.25) is 0 Å². The minimum Gasteiger partial charge on any atom is -0.320 e. The van der Waals surface area contributed by atoms with Gasteiger partial charge in [-0.05, 0) is 29.6 Å². The van der Waals surface area contributed by atoms with Crippen molar-refractivity contribution in [2.45, 2.75) is 0 Å². The minimum absolute atomic E-state index is 0.300. The summed E-state index contributed by atoms with van der Waals surface area (Å²) < 4.78 is 0. The lowest BCUT2D eigenvalue weighted by atomic mass is 10.2. The summed E-state index contributed by atoms with van der Waals surface area (Å²) in [6.07, 6.45) is 2.39. The predicted octanol–water partition coefficient (Wildman–Crippen LogP) is 3.08. The maximum absolute atomic E-state index is 12.1. The quantitative estimate of drug-likeness (QED) is 0.878. The number of carbonyl (C=O) groups is 3. The zero-order valence-electron chi connectivity index (χ0n) is 11.1. The Morgan fingerprint density at radius 1 is 1.14 bits per heavy atom. The summed E-state index contributed by atoms with van der Waals surface area (Å²) in [4.78, 5) is 37.0. The lowest BCUT2D eigenvalue weighted by Crippen LogP contribution is -2.29. The van der Waals surface area contributed by atoms with Gasteiger partial charge in [-0.25, -0.2) is 4.90 Å². The van der Waals surface area contributed by atoms with Crippen LogP contribution >= 0.6 is 22.9 Å². The summed E-state index contributed by atoms with van der Waals surface area (Å²) in [5, 5.41) is 4.79. The van der Waals surface area contributed by atoms with Crippen LogP contribution in [0.2, 0.25) is 5.02 Å². The van der Waals surface area contributed by atoms with Gasteiger partial charge in [-0.3, -0.25) is 14.4 Å². The molecule has 0 aliphatic carbocycles. The van der Waals surface area contributed by atoms with Gasteiger partial charge in [-0.1, -0.05) is 17.7 Å². The first kappa shape index (κ1) is 14.5. The second kappa shape index (κ2) is 5.75. The van der Waals surface area contributed by atoms with Crippen LogP contribution in [0.1, 0.15) is 9.67 Å². The molecule has 0 fully saturated rings. The van der Waals surface area contributed by atoms with E-state index in [1.807, 2.05) is 0 Å². The number of benzene rings is 1.